The molecule has 0 spiro atoms. The number of rotatable bonds is 4. The Bertz CT molecular complexity index is 863. The first kappa shape index (κ1) is 14.7. The summed E-state index contributed by atoms with van der Waals surface area (Å²) >= 11 is 3.11. The zero-order valence-electron chi connectivity index (χ0n) is 11.8. The summed E-state index contributed by atoms with van der Waals surface area (Å²) in [5.74, 6) is -0.0415. The third-order valence-corrected chi connectivity index (χ3v) is 4.95. The monoisotopic (exact) mass is 331 g/mol. The van der Waals surface area contributed by atoms with Gasteiger partial charge in [-0.05, 0) is 18.2 Å². The lowest BCUT2D eigenvalue weighted by Crippen LogP contribution is -2.17. The maximum Gasteiger partial charge on any atom is 0.248 e. The van der Waals surface area contributed by atoms with Crippen LogP contribution in [0.3, 0.4) is 0 Å². The summed E-state index contributed by atoms with van der Waals surface area (Å²) < 4.78 is 0. The molecule has 3 aromatic heterocycles. The Morgan fingerprint density at radius 3 is 3.00 bits per heavy atom. The van der Waals surface area contributed by atoms with Crippen molar-refractivity contribution in [2.75, 3.05) is 0 Å². The lowest BCUT2D eigenvalue weighted by atomic mass is 10.3. The fraction of sp³-hybridized carbons (Fsp3) is 0.133. The number of hydrogen-bond donors (Lipinski definition) is 2. The number of carbonyl (C=O) groups excluding carboxylic acids is 1. The van der Waals surface area contributed by atoms with Crippen LogP contribution in [-0.4, -0.2) is 15.9 Å². The lowest BCUT2D eigenvalue weighted by Gasteiger charge is -1.97. The SMILES string of the molecule is CC(=O)NCc1ccc(-c2csc(-c3cc[nH]c(=O)c3)n2)s1. The van der Waals surface area contributed by atoms with Gasteiger partial charge in [0.1, 0.15) is 5.01 Å². The van der Waals surface area contributed by atoms with Gasteiger partial charge in [0.25, 0.3) is 0 Å². The molecule has 112 valence electrons. The third kappa shape index (κ3) is 3.32. The summed E-state index contributed by atoms with van der Waals surface area (Å²) in [7, 11) is 0. The van der Waals surface area contributed by atoms with Gasteiger partial charge in [0.15, 0.2) is 0 Å². The number of amides is 1. The van der Waals surface area contributed by atoms with Gasteiger partial charge < -0.3 is 10.3 Å². The van der Waals surface area contributed by atoms with E-state index in [4.69, 9.17) is 0 Å². The van der Waals surface area contributed by atoms with E-state index in [0.29, 0.717) is 6.54 Å². The first-order chi connectivity index (χ1) is 10.6. The van der Waals surface area contributed by atoms with Crippen LogP contribution in [0.5, 0.6) is 0 Å². The molecule has 0 bridgehead atoms. The van der Waals surface area contributed by atoms with Crippen LogP contribution in [0, 0.1) is 0 Å². The summed E-state index contributed by atoms with van der Waals surface area (Å²) in [6, 6.07) is 7.36. The Morgan fingerprint density at radius 1 is 1.36 bits per heavy atom. The number of hydrogen-bond acceptors (Lipinski definition) is 5. The van der Waals surface area contributed by atoms with Gasteiger partial charge >= 0.3 is 0 Å². The van der Waals surface area contributed by atoms with E-state index in [9.17, 15) is 9.59 Å². The summed E-state index contributed by atoms with van der Waals surface area (Å²) in [6.45, 7) is 2.04. The number of nitrogens with zero attached hydrogens (tertiary/aromatic N) is 1. The number of aromatic amines is 1. The summed E-state index contributed by atoms with van der Waals surface area (Å²) in [5.41, 5.74) is 1.57. The number of H-pyrrole nitrogens is 1. The predicted molar refractivity (Wildman–Crippen MR) is 89.0 cm³/mol. The lowest BCUT2D eigenvalue weighted by molar-refractivity contribution is -0.119. The van der Waals surface area contributed by atoms with Crippen LogP contribution in [0.4, 0.5) is 0 Å². The number of thiazole rings is 1. The van der Waals surface area contributed by atoms with E-state index >= 15 is 0 Å². The molecule has 0 aliphatic rings. The van der Waals surface area contributed by atoms with E-state index in [-0.39, 0.29) is 11.5 Å². The standard InChI is InChI=1S/C15H13N3O2S2/c1-9(19)17-7-11-2-3-13(22-11)12-8-21-15(18-12)10-4-5-16-14(20)6-10/h2-6,8H,7H2,1H3,(H,16,20)(H,17,19). The van der Waals surface area contributed by atoms with Crippen molar-refractivity contribution < 1.29 is 4.79 Å². The fourth-order valence-electron chi connectivity index (χ4n) is 1.92. The molecule has 3 heterocycles. The van der Waals surface area contributed by atoms with E-state index in [1.54, 1.807) is 23.6 Å². The largest absolute Gasteiger partial charge is 0.351 e. The minimum atomic E-state index is -0.136. The molecule has 2 N–H and O–H groups in total. The van der Waals surface area contributed by atoms with E-state index < -0.39 is 0 Å². The van der Waals surface area contributed by atoms with Gasteiger partial charge in [0.2, 0.25) is 11.5 Å². The quantitative estimate of drug-likeness (QED) is 0.772. The van der Waals surface area contributed by atoms with Crippen LogP contribution in [0.2, 0.25) is 0 Å². The molecule has 22 heavy (non-hydrogen) atoms. The Hall–Kier alpha value is -2.25. The van der Waals surface area contributed by atoms with Crippen LogP contribution < -0.4 is 10.9 Å². The second-order valence-electron chi connectivity index (χ2n) is 4.66. The highest BCUT2D eigenvalue weighted by molar-refractivity contribution is 7.16. The van der Waals surface area contributed by atoms with E-state index in [0.717, 1.165) is 26.0 Å². The first-order valence-corrected chi connectivity index (χ1v) is 8.29. The molecule has 0 saturated carbocycles. The highest BCUT2D eigenvalue weighted by atomic mass is 32.1. The zero-order valence-corrected chi connectivity index (χ0v) is 13.4. The molecule has 0 aliphatic carbocycles. The van der Waals surface area contributed by atoms with Crippen LogP contribution in [0.1, 0.15) is 11.8 Å². The highest BCUT2D eigenvalue weighted by Gasteiger charge is 2.09. The topological polar surface area (TPSA) is 74.8 Å². The van der Waals surface area contributed by atoms with Crippen molar-refractivity contribution in [3.8, 4) is 21.1 Å². The summed E-state index contributed by atoms with van der Waals surface area (Å²) in [5, 5.41) is 5.57. The van der Waals surface area contributed by atoms with E-state index in [2.05, 4.69) is 15.3 Å². The van der Waals surface area contributed by atoms with Gasteiger partial charge in [-0.2, -0.15) is 0 Å². The van der Waals surface area contributed by atoms with Gasteiger partial charge in [0, 0.05) is 35.0 Å². The Morgan fingerprint density at radius 2 is 2.23 bits per heavy atom. The van der Waals surface area contributed by atoms with Crippen molar-refractivity contribution in [3.05, 3.63) is 51.1 Å². The smallest absolute Gasteiger partial charge is 0.248 e. The van der Waals surface area contributed by atoms with Gasteiger partial charge in [-0.15, -0.1) is 22.7 Å². The number of thiophene rings is 1. The van der Waals surface area contributed by atoms with Gasteiger partial charge in [-0.1, -0.05) is 0 Å². The number of carbonyl (C=O) groups is 1. The van der Waals surface area contributed by atoms with Crippen LogP contribution in [0.15, 0.2) is 40.6 Å². The first-order valence-electron chi connectivity index (χ1n) is 6.60. The average molecular weight is 331 g/mol. The molecular formula is C15H13N3O2S2. The third-order valence-electron chi connectivity index (χ3n) is 2.95. The number of aromatic nitrogens is 2. The van der Waals surface area contributed by atoms with Gasteiger partial charge in [-0.25, -0.2) is 4.98 Å². The molecule has 5 nitrogen and oxygen atoms in total. The maximum absolute atomic E-state index is 11.4. The Balaban J connectivity index is 1.82. The highest BCUT2D eigenvalue weighted by Crippen LogP contribution is 2.32. The second kappa shape index (κ2) is 6.25. The van der Waals surface area contributed by atoms with Crippen LogP contribution in [0.25, 0.3) is 21.1 Å². The second-order valence-corrected chi connectivity index (χ2v) is 6.68. The Kier molecular flexibility index (Phi) is 4.17. The van der Waals surface area contributed by atoms with Crippen molar-refractivity contribution in [3.63, 3.8) is 0 Å². The minimum Gasteiger partial charge on any atom is -0.351 e. The van der Waals surface area contributed by atoms with Crippen LogP contribution in [-0.2, 0) is 11.3 Å². The fourth-order valence-corrected chi connectivity index (χ4v) is 3.72. The zero-order chi connectivity index (χ0) is 15.5. The minimum absolute atomic E-state index is 0.0415. The van der Waals surface area contributed by atoms with Gasteiger partial charge in [0.05, 0.1) is 17.1 Å². The molecule has 0 aromatic carbocycles. The number of pyridine rings is 1. The molecule has 0 aliphatic heterocycles. The van der Waals surface area contributed by atoms with Crippen molar-refractivity contribution >= 4 is 28.6 Å². The van der Waals surface area contributed by atoms with Crippen molar-refractivity contribution in [1.29, 1.82) is 0 Å². The van der Waals surface area contributed by atoms with Crippen molar-refractivity contribution in [1.82, 2.24) is 15.3 Å². The molecule has 3 rings (SSSR count). The molecule has 0 saturated heterocycles. The normalized spacial score (nSPS) is 10.6. The molecule has 3 aromatic rings. The molecule has 7 heteroatoms. The molecule has 0 unspecified atom stereocenters. The Labute approximate surface area is 134 Å². The molecule has 0 radical (unpaired) electrons. The summed E-state index contributed by atoms with van der Waals surface area (Å²) in [6.07, 6.45) is 1.62. The average Bonchev–Trinajstić information content (AvgIpc) is 3.14. The van der Waals surface area contributed by atoms with Crippen LogP contribution >= 0.6 is 22.7 Å². The molecule has 0 fully saturated rings. The van der Waals surface area contributed by atoms with Gasteiger partial charge in [-0.3, -0.25) is 9.59 Å². The maximum atomic E-state index is 11.4. The van der Waals surface area contributed by atoms with E-state index in [1.807, 2.05) is 23.6 Å². The summed E-state index contributed by atoms with van der Waals surface area (Å²) in [4.78, 5) is 31.6. The number of nitrogens with one attached hydrogen (secondary N) is 2. The molecule has 1 amide bonds. The van der Waals surface area contributed by atoms with Crippen molar-refractivity contribution in [2.45, 2.75) is 13.5 Å². The predicted octanol–water partition coefficient (Wildman–Crippen LogP) is 2.86. The van der Waals surface area contributed by atoms with E-state index in [1.165, 1.54) is 18.3 Å². The molecular weight excluding hydrogens is 318 g/mol. The van der Waals surface area contributed by atoms with Crippen molar-refractivity contribution in [2.24, 2.45) is 0 Å². The molecule has 0 atom stereocenters.